The van der Waals surface area contributed by atoms with Gasteiger partial charge in [-0.15, -0.1) is 0 Å². The van der Waals surface area contributed by atoms with Crippen molar-refractivity contribution in [3.05, 3.63) is 47.5 Å². The van der Waals surface area contributed by atoms with Crippen LogP contribution in [-0.4, -0.2) is 13.1 Å². The molecule has 1 heteroatoms. The molecule has 0 unspecified atom stereocenters. The lowest BCUT2D eigenvalue weighted by Crippen LogP contribution is -2.19. The average Bonchev–Trinajstić information content (AvgIpc) is 2.25. The SMILES string of the molecule is C/C=C(\C)CNCCc1ccccc1. The summed E-state index contributed by atoms with van der Waals surface area (Å²) < 4.78 is 0. The molecule has 0 aliphatic carbocycles. The van der Waals surface area contributed by atoms with E-state index in [1.807, 2.05) is 0 Å². The Morgan fingerprint density at radius 3 is 2.64 bits per heavy atom. The highest BCUT2D eigenvalue weighted by molar-refractivity contribution is 5.14. The molecule has 1 N–H and O–H groups in total. The van der Waals surface area contributed by atoms with Crippen molar-refractivity contribution in [2.24, 2.45) is 0 Å². The molecule has 0 bridgehead atoms. The number of rotatable bonds is 5. The zero-order valence-corrected chi connectivity index (χ0v) is 9.09. The van der Waals surface area contributed by atoms with Gasteiger partial charge in [-0.05, 0) is 32.4 Å². The molecular formula is C13H19N. The summed E-state index contributed by atoms with van der Waals surface area (Å²) in [6.45, 7) is 6.28. The summed E-state index contributed by atoms with van der Waals surface area (Å²) in [6, 6.07) is 10.6. The summed E-state index contributed by atoms with van der Waals surface area (Å²) >= 11 is 0. The van der Waals surface area contributed by atoms with Crippen LogP contribution in [0.2, 0.25) is 0 Å². The second-order valence-electron chi connectivity index (χ2n) is 3.55. The van der Waals surface area contributed by atoms with Gasteiger partial charge in [0.1, 0.15) is 0 Å². The fraction of sp³-hybridized carbons (Fsp3) is 0.385. The van der Waals surface area contributed by atoms with Crippen molar-refractivity contribution < 1.29 is 0 Å². The van der Waals surface area contributed by atoms with E-state index < -0.39 is 0 Å². The summed E-state index contributed by atoms with van der Waals surface area (Å²) in [4.78, 5) is 0. The Balaban J connectivity index is 2.17. The van der Waals surface area contributed by atoms with E-state index in [1.165, 1.54) is 11.1 Å². The summed E-state index contributed by atoms with van der Waals surface area (Å²) in [5.41, 5.74) is 2.80. The van der Waals surface area contributed by atoms with Gasteiger partial charge in [0.15, 0.2) is 0 Å². The topological polar surface area (TPSA) is 12.0 Å². The summed E-state index contributed by atoms with van der Waals surface area (Å²) in [6.07, 6.45) is 3.26. The molecule has 0 amide bonds. The molecule has 1 nitrogen and oxygen atoms in total. The van der Waals surface area contributed by atoms with Gasteiger partial charge in [-0.25, -0.2) is 0 Å². The van der Waals surface area contributed by atoms with Crippen molar-refractivity contribution in [3.63, 3.8) is 0 Å². The van der Waals surface area contributed by atoms with E-state index in [4.69, 9.17) is 0 Å². The summed E-state index contributed by atoms with van der Waals surface area (Å²) in [7, 11) is 0. The monoisotopic (exact) mass is 189 g/mol. The van der Waals surface area contributed by atoms with E-state index in [0.717, 1.165) is 19.5 Å². The quantitative estimate of drug-likeness (QED) is 0.555. The van der Waals surface area contributed by atoms with Crippen LogP contribution >= 0.6 is 0 Å². The van der Waals surface area contributed by atoms with Crippen LogP contribution in [0.5, 0.6) is 0 Å². The number of hydrogen-bond acceptors (Lipinski definition) is 1. The van der Waals surface area contributed by atoms with Crippen LogP contribution in [0.25, 0.3) is 0 Å². The molecule has 0 aromatic heterocycles. The van der Waals surface area contributed by atoms with E-state index >= 15 is 0 Å². The van der Waals surface area contributed by atoms with Crippen molar-refractivity contribution in [1.29, 1.82) is 0 Å². The van der Waals surface area contributed by atoms with Crippen LogP contribution in [0, 0.1) is 0 Å². The Labute approximate surface area is 86.8 Å². The standard InChI is InChI=1S/C13H19N/c1-3-12(2)11-14-10-9-13-7-5-4-6-8-13/h3-8,14H,9-11H2,1-2H3/b12-3+. The lowest BCUT2D eigenvalue weighted by atomic mass is 10.1. The van der Waals surface area contributed by atoms with Crippen LogP contribution < -0.4 is 5.32 Å². The molecule has 0 spiro atoms. The van der Waals surface area contributed by atoms with Crippen molar-refractivity contribution >= 4 is 0 Å². The normalized spacial score (nSPS) is 11.7. The van der Waals surface area contributed by atoms with E-state index in [-0.39, 0.29) is 0 Å². The Kier molecular flexibility index (Phi) is 5.02. The summed E-state index contributed by atoms with van der Waals surface area (Å²) in [5, 5.41) is 3.42. The molecule has 0 saturated carbocycles. The van der Waals surface area contributed by atoms with Crippen molar-refractivity contribution in [2.75, 3.05) is 13.1 Å². The molecule has 14 heavy (non-hydrogen) atoms. The Morgan fingerprint density at radius 1 is 1.29 bits per heavy atom. The molecule has 0 atom stereocenters. The number of benzene rings is 1. The molecular weight excluding hydrogens is 170 g/mol. The Morgan fingerprint density at radius 2 is 2.00 bits per heavy atom. The van der Waals surface area contributed by atoms with E-state index in [9.17, 15) is 0 Å². The maximum atomic E-state index is 3.42. The van der Waals surface area contributed by atoms with Gasteiger partial charge >= 0.3 is 0 Å². The van der Waals surface area contributed by atoms with E-state index in [1.54, 1.807) is 0 Å². The third-order valence-corrected chi connectivity index (χ3v) is 2.33. The first-order valence-corrected chi connectivity index (χ1v) is 5.19. The third kappa shape index (κ3) is 4.24. The lowest BCUT2D eigenvalue weighted by molar-refractivity contribution is 0.727. The molecule has 0 aliphatic heterocycles. The first kappa shape index (κ1) is 11.0. The predicted molar refractivity (Wildman–Crippen MR) is 62.4 cm³/mol. The van der Waals surface area contributed by atoms with Crippen molar-refractivity contribution in [1.82, 2.24) is 5.32 Å². The minimum atomic E-state index is 1.00. The van der Waals surface area contributed by atoms with Gasteiger partial charge < -0.3 is 5.32 Å². The molecule has 0 fully saturated rings. The molecule has 1 aromatic rings. The molecule has 1 aromatic carbocycles. The van der Waals surface area contributed by atoms with Gasteiger partial charge in [-0.2, -0.15) is 0 Å². The van der Waals surface area contributed by atoms with Gasteiger partial charge in [-0.1, -0.05) is 42.0 Å². The minimum Gasteiger partial charge on any atom is -0.313 e. The first-order valence-electron chi connectivity index (χ1n) is 5.19. The van der Waals surface area contributed by atoms with E-state index in [0.29, 0.717) is 0 Å². The Hall–Kier alpha value is -1.08. The van der Waals surface area contributed by atoms with Crippen LogP contribution in [0.1, 0.15) is 19.4 Å². The number of nitrogens with one attached hydrogen (secondary N) is 1. The highest BCUT2D eigenvalue weighted by Crippen LogP contribution is 1.98. The zero-order chi connectivity index (χ0) is 10.2. The van der Waals surface area contributed by atoms with Gasteiger partial charge in [0.05, 0.1) is 0 Å². The fourth-order valence-corrected chi connectivity index (χ4v) is 1.27. The molecule has 1 rings (SSSR count). The zero-order valence-electron chi connectivity index (χ0n) is 9.09. The Bertz CT molecular complexity index is 275. The van der Waals surface area contributed by atoms with Gasteiger partial charge in [0, 0.05) is 6.54 Å². The van der Waals surface area contributed by atoms with Crippen LogP contribution in [0.3, 0.4) is 0 Å². The maximum Gasteiger partial charge on any atom is 0.0161 e. The predicted octanol–water partition coefficient (Wildman–Crippen LogP) is 2.78. The van der Waals surface area contributed by atoms with Gasteiger partial charge in [0.25, 0.3) is 0 Å². The fourth-order valence-electron chi connectivity index (χ4n) is 1.27. The third-order valence-electron chi connectivity index (χ3n) is 2.33. The van der Waals surface area contributed by atoms with Crippen LogP contribution in [0.4, 0.5) is 0 Å². The maximum absolute atomic E-state index is 3.42. The largest absolute Gasteiger partial charge is 0.313 e. The molecule has 0 radical (unpaired) electrons. The molecule has 0 saturated heterocycles. The average molecular weight is 189 g/mol. The smallest absolute Gasteiger partial charge is 0.0161 e. The highest BCUT2D eigenvalue weighted by Gasteiger charge is 1.91. The molecule has 0 aliphatic rings. The lowest BCUT2D eigenvalue weighted by Gasteiger charge is -2.04. The summed E-state index contributed by atoms with van der Waals surface area (Å²) in [5.74, 6) is 0. The van der Waals surface area contributed by atoms with Gasteiger partial charge in [0.2, 0.25) is 0 Å². The van der Waals surface area contributed by atoms with Gasteiger partial charge in [-0.3, -0.25) is 0 Å². The number of hydrogen-bond donors (Lipinski definition) is 1. The minimum absolute atomic E-state index is 1.00. The van der Waals surface area contributed by atoms with Crippen molar-refractivity contribution in [2.45, 2.75) is 20.3 Å². The number of allylic oxidation sites excluding steroid dienone is 1. The molecule has 76 valence electrons. The van der Waals surface area contributed by atoms with Crippen molar-refractivity contribution in [3.8, 4) is 0 Å². The van der Waals surface area contributed by atoms with E-state index in [2.05, 4.69) is 55.6 Å². The second kappa shape index (κ2) is 6.39. The van der Waals surface area contributed by atoms with Crippen LogP contribution in [0.15, 0.2) is 42.0 Å². The second-order valence-corrected chi connectivity index (χ2v) is 3.55. The first-order chi connectivity index (χ1) is 6.83. The molecule has 0 heterocycles. The highest BCUT2D eigenvalue weighted by atomic mass is 14.8. The van der Waals surface area contributed by atoms with Crippen LogP contribution in [-0.2, 0) is 6.42 Å².